The van der Waals surface area contributed by atoms with Gasteiger partial charge in [-0.2, -0.15) is 0 Å². The van der Waals surface area contributed by atoms with E-state index in [1.165, 1.54) is 16.7 Å². The number of amides is 3. The first-order valence-corrected chi connectivity index (χ1v) is 15.1. The number of para-hydroxylation sites is 1. The minimum absolute atomic E-state index is 0.128. The Morgan fingerprint density at radius 1 is 1.07 bits per heavy atom. The number of carbonyl (C=O) groups excluding carboxylic acids is 3. The Labute approximate surface area is 253 Å². The lowest BCUT2D eigenvalue weighted by molar-refractivity contribution is -0.125. The number of thioether (sulfide) groups is 1. The monoisotopic (exact) mass is 597 g/mol. The summed E-state index contributed by atoms with van der Waals surface area (Å²) in [7, 11) is 0. The minimum Gasteiger partial charge on any atom is -0.454 e. The fourth-order valence-corrected chi connectivity index (χ4v) is 6.09. The highest BCUT2D eigenvalue weighted by molar-refractivity contribution is 8.15. The number of aliphatic imine (C=N–C) groups is 2. The average Bonchev–Trinajstić information content (AvgIpc) is 3.61. The zero-order valence-corrected chi connectivity index (χ0v) is 24.6. The van der Waals surface area contributed by atoms with E-state index in [4.69, 9.17) is 19.5 Å². The number of ether oxygens (including phenoxy) is 2. The molecule has 0 spiro atoms. The standard InChI is InChI=1S/C32H31N5O5S/c1-3-27(30(39)34-21-8-6-7-19(2)15-21)43-32-36-23-10-5-4-9-22(23)29-35-24(31(40)37(29)32)12-14-28(38)33-17-20-11-13-25-26(16-20)42-18-41-25/h4-11,13,15-16,24,27H,3,12,14,17-18H2,1-2H3,(H,33,38)(H,34,39)/t24-,27-/m1/s1. The number of rotatable bonds is 9. The molecule has 2 atom stereocenters. The Hall–Kier alpha value is -4.64. The van der Waals surface area contributed by atoms with Crippen LogP contribution in [0, 0.1) is 6.92 Å². The van der Waals surface area contributed by atoms with Crippen molar-refractivity contribution >= 4 is 51.9 Å². The minimum atomic E-state index is -0.732. The first-order valence-electron chi connectivity index (χ1n) is 14.2. The first kappa shape index (κ1) is 28.5. The number of anilines is 1. The number of aryl methyl sites for hydroxylation is 1. The number of amidine groups is 2. The lowest BCUT2D eigenvalue weighted by atomic mass is 10.1. The van der Waals surface area contributed by atoms with E-state index in [1.807, 2.05) is 80.6 Å². The van der Waals surface area contributed by atoms with E-state index < -0.39 is 11.3 Å². The average molecular weight is 598 g/mol. The van der Waals surface area contributed by atoms with Crippen molar-refractivity contribution in [3.8, 4) is 11.5 Å². The van der Waals surface area contributed by atoms with Crippen LogP contribution in [0.1, 0.15) is 42.9 Å². The van der Waals surface area contributed by atoms with Crippen molar-refractivity contribution in [2.24, 2.45) is 9.98 Å². The molecule has 0 saturated heterocycles. The van der Waals surface area contributed by atoms with Crippen molar-refractivity contribution in [2.45, 2.75) is 50.9 Å². The summed E-state index contributed by atoms with van der Waals surface area (Å²) in [6.07, 6.45) is 0.907. The van der Waals surface area contributed by atoms with Gasteiger partial charge in [0.15, 0.2) is 16.7 Å². The lowest BCUT2D eigenvalue weighted by Gasteiger charge is -2.27. The summed E-state index contributed by atoms with van der Waals surface area (Å²) in [6, 6.07) is 19.9. The number of nitrogens with zero attached hydrogens (tertiary/aromatic N) is 3. The SMILES string of the molecule is CC[C@@H](SC1=Nc2ccccc2C2=N[C@H](CCC(=O)NCc3ccc4c(c3)OCO4)C(=O)N12)C(=O)Nc1cccc(C)c1. The van der Waals surface area contributed by atoms with E-state index in [-0.39, 0.29) is 37.4 Å². The summed E-state index contributed by atoms with van der Waals surface area (Å²) >= 11 is 1.25. The topological polar surface area (TPSA) is 122 Å². The molecule has 0 unspecified atom stereocenters. The molecule has 6 rings (SSSR count). The highest BCUT2D eigenvalue weighted by Crippen LogP contribution is 2.36. The van der Waals surface area contributed by atoms with Gasteiger partial charge in [0.2, 0.25) is 18.6 Å². The Morgan fingerprint density at radius 2 is 1.91 bits per heavy atom. The number of carbonyl (C=O) groups is 3. The second-order valence-corrected chi connectivity index (χ2v) is 11.6. The molecule has 3 aliphatic heterocycles. The summed E-state index contributed by atoms with van der Waals surface area (Å²) in [4.78, 5) is 50.7. The highest BCUT2D eigenvalue weighted by atomic mass is 32.2. The van der Waals surface area contributed by atoms with Gasteiger partial charge in [0.05, 0.1) is 10.9 Å². The fourth-order valence-electron chi connectivity index (χ4n) is 5.07. The summed E-state index contributed by atoms with van der Waals surface area (Å²) < 4.78 is 10.7. The number of hydrogen-bond acceptors (Lipinski definition) is 8. The third kappa shape index (κ3) is 6.12. The van der Waals surface area contributed by atoms with Crippen molar-refractivity contribution in [1.29, 1.82) is 0 Å². The van der Waals surface area contributed by atoms with E-state index in [0.29, 0.717) is 41.2 Å². The molecule has 11 heteroatoms. The largest absolute Gasteiger partial charge is 0.454 e. The number of hydrogen-bond donors (Lipinski definition) is 2. The van der Waals surface area contributed by atoms with Crippen molar-refractivity contribution in [3.05, 3.63) is 83.4 Å². The molecule has 10 nitrogen and oxygen atoms in total. The molecule has 3 heterocycles. The van der Waals surface area contributed by atoms with Gasteiger partial charge in [0, 0.05) is 24.2 Å². The van der Waals surface area contributed by atoms with Crippen molar-refractivity contribution in [2.75, 3.05) is 12.1 Å². The maximum absolute atomic E-state index is 13.7. The second kappa shape index (κ2) is 12.3. The molecule has 43 heavy (non-hydrogen) atoms. The zero-order chi connectivity index (χ0) is 29.9. The Balaban J connectivity index is 1.13. The number of benzene rings is 3. The predicted molar refractivity (Wildman–Crippen MR) is 166 cm³/mol. The van der Waals surface area contributed by atoms with Crippen LogP contribution in [-0.4, -0.2) is 51.7 Å². The van der Waals surface area contributed by atoms with E-state index >= 15 is 0 Å². The van der Waals surface area contributed by atoms with Crippen LogP contribution >= 0.6 is 11.8 Å². The van der Waals surface area contributed by atoms with Gasteiger partial charge in [-0.3, -0.25) is 19.4 Å². The van der Waals surface area contributed by atoms with Crippen LogP contribution in [0.5, 0.6) is 11.5 Å². The maximum atomic E-state index is 13.7. The van der Waals surface area contributed by atoms with Gasteiger partial charge >= 0.3 is 0 Å². The van der Waals surface area contributed by atoms with Crippen molar-refractivity contribution < 1.29 is 23.9 Å². The molecule has 0 aromatic heterocycles. The van der Waals surface area contributed by atoms with E-state index in [1.54, 1.807) is 0 Å². The molecule has 0 fully saturated rings. The van der Waals surface area contributed by atoms with Gasteiger partial charge in [-0.25, -0.2) is 9.89 Å². The third-order valence-corrected chi connectivity index (χ3v) is 8.63. The summed E-state index contributed by atoms with van der Waals surface area (Å²) in [6.45, 7) is 4.42. The predicted octanol–water partition coefficient (Wildman–Crippen LogP) is 4.93. The smallest absolute Gasteiger partial charge is 0.259 e. The molecule has 0 aliphatic carbocycles. The summed E-state index contributed by atoms with van der Waals surface area (Å²) in [5, 5.41) is 5.81. The summed E-state index contributed by atoms with van der Waals surface area (Å²) in [5.74, 6) is 1.24. The molecule has 0 radical (unpaired) electrons. The van der Waals surface area contributed by atoms with Gasteiger partial charge in [0.25, 0.3) is 5.91 Å². The Bertz CT molecular complexity index is 1650. The van der Waals surface area contributed by atoms with Gasteiger partial charge in [0.1, 0.15) is 11.9 Å². The lowest BCUT2D eigenvalue weighted by Crippen LogP contribution is -2.42. The summed E-state index contributed by atoms with van der Waals surface area (Å²) in [5.41, 5.74) is 4.08. The van der Waals surface area contributed by atoms with Crippen LogP contribution in [0.4, 0.5) is 11.4 Å². The molecule has 0 saturated carbocycles. The molecule has 3 aliphatic rings. The van der Waals surface area contributed by atoms with Gasteiger partial charge in [-0.05, 0) is 67.3 Å². The molecule has 3 amide bonds. The van der Waals surface area contributed by atoms with E-state index in [9.17, 15) is 14.4 Å². The van der Waals surface area contributed by atoms with Crippen molar-refractivity contribution in [3.63, 3.8) is 0 Å². The molecule has 3 aromatic carbocycles. The highest BCUT2D eigenvalue weighted by Gasteiger charge is 2.42. The quantitative estimate of drug-likeness (QED) is 0.361. The molecule has 3 aromatic rings. The number of nitrogens with one attached hydrogen (secondary N) is 2. The zero-order valence-electron chi connectivity index (χ0n) is 23.8. The first-order chi connectivity index (χ1) is 20.9. The van der Waals surface area contributed by atoms with Crippen LogP contribution in [0.15, 0.2) is 76.7 Å². The maximum Gasteiger partial charge on any atom is 0.259 e. The molecular formula is C32H31N5O5S. The van der Waals surface area contributed by atoms with E-state index in [2.05, 4.69) is 10.6 Å². The van der Waals surface area contributed by atoms with Crippen LogP contribution in [0.25, 0.3) is 0 Å². The Morgan fingerprint density at radius 3 is 2.74 bits per heavy atom. The normalized spacial score (nSPS) is 17.0. The van der Waals surface area contributed by atoms with E-state index in [0.717, 1.165) is 22.4 Å². The molecule has 2 N–H and O–H groups in total. The number of fused-ring (bicyclic) bond motifs is 4. The van der Waals surface area contributed by atoms with Crippen molar-refractivity contribution in [1.82, 2.24) is 10.2 Å². The fraction of sp³-hybridized carbons (Fsp3) is 0.281. The van der Waals surface area contributed by atoms with Crippen LogP contribution in [0.3, 0.4) is 0 Å². The van der Waals surface area contributed by atoms with Crippen LogP contribution in [-0.2, 0) is 20.9 Å². The van der Waals surface area contributed by atoms with Gasteiger partial charge in [-0.15, -0.1) is 0 Å². The Kier molecular flexibility index (Phi) is 8.15. The molecule has 0 bridgehead atoms. The van der Waals surface area contributed by atoms with Crippen LogP contribution < -0.4 is 20.1 Å². The van der Waals surface area contributed by atoms with Gasteiger partial charge < -0.3 is 20.1 Å². The molecular weight excluding hydrogens is 566 g/mol. The van der Waals surface area contributed by atoms with Gasteiger partial charge in [-0.1, -0.05) is 49.0 Å². The van der Waals surface area contributed by atoms with Crippen LogP contribution in [0.2, 0.25) is 0 Å². The second-order valence-electron chi connectivity index (χ2n) is 10.4. The molecule has 220 valence electrons. The third-order valence-electron chi connectivity index (χ3n) is 7.32.